The normalized spacial score (nSPS) is 19.3. The first-order valence-electron chi connectivity index (χ1n) is 15.1. The number of likely N-dealkylation sites (tertiary alicyclic amines) is 1. The Bertz CT molecular complexity index is 810. The van der Waals surface area contributed by atoms with E-state index in [1.54, 1.807) is 37.9 Å². The Balaban J connectivity index is 0.00000509. The fraction of sp³-hybridized carbons (Fsp3) is 0.867. The quantitative estimate of drug-likeness (QED) is 0.252. The van der Waals surface area contributed by atoms with Gasteiger partial charge in [-0.3, -0.25) is 19.2 Å². The molecule has 4 N–H and O–H groups in total. The van der Waals surface area contributed by atoms with Crippen molar-refractivity contribution in [3.8, 4) is 0 Å². The Hall–Kier alpha value is -2.24. The molecule has 11 heteroatoms. The molecule has 7 atom stereocenters. The van der Waals surface area contributed by atoms with Crippen LogP contribution in [0.2, 0.25) is 0 Å². The number of likely N-dealkylation sites (N-methyl/N-ethyl adjacent to an activating group) is 2. The largest absolute Gasteiger partial charge is 0.379 e. The average Bonchev–Trinajstić information content (AvgIpc) is 3.41. The Morgan fingerprint density at radius 3 is 2.07 bits per heavy atom. The topological polar surface area (TPSA) is 143 Å². The van der Waals surface area contributed by atoms with Crippen molar-refractivity contribution in [2.24, 2.45) is 23.5 Å². The summed E-state index contributed by atoms with van der Waals surface area (Å²) in [7, 11) is 6.48. The van der Waals surface area contributed by atoms with Gasteiger partial charge in [-0.15, -0.1) is 0 Å². The van der Waals surface area contributed by atoms with Crippen molar-refractivity contribution in [3.05, 3.63) is 0 Å². The number of rotatable bonds is 16. The number of carbonyl (C=O) groups is 4. The number of methoxy groups -OCH3 is 2. The summed E-state index contributed by atoms with van der Waals surface area (Å²) < 4.78 is 11.4. The molecule has 1 aliphatic rings. The van der Waals surface area contributed by atoms with E-state index in [1.807, 2.05) is 27.7 Å². The van der Waals surface area contributed by atoms with Gasteiger partial charge < -0.3 is 35.6 Å². The third-order valence-corrected chi connectivity index (χ3v) is 8.01. The van der Waals surface area contributed by atoms with Crippen molar-refractivity contribution in [1.82, 2.24) is 20.4 Å². The molecule has 1 fully saturated rings. The van der Waals surface area contributed by atoms with Crippen molar-refractivity contribution >= 4 is 23.6 Å². The number of carbonyl (C=O) groups excluding carboxylic acids is 4. The molecule has 240 valence electrons. The molecule has 1 aliphatic heterocycles. The van der Waals surface area contributed by atoms with Crippen LogP contribution >= 0.6 is 0 Å². The first-order valence-corrected chi connectivity index (χ1v) is 15.1. The van der Waals surface area contributed by atoms with Gasteiger partial charge in [-0.1, -0.05) is 61.3 Å². The predicted molar refractivity (Wildman–Crippen MR) is 162 cm³/mol. The average molecular weight is 586 g/mol. The smallest absolute Gasteiger partial charge is 0.242 e. The number of primary amides is 1. The highest BCUT2D eigenvalue weighted by Crippen LogP contribution is 2.29. The van der Waals surface area contributed by atoms with E-state index in [4.69, 9.17) is 15.2 Å². The van der Waals surface area contributed by atoms with Crippen LogP contribution in [0, 0.1) is 17.8 Å². The molecule has 0 spiro atoms. The van der Waals surface area contributed by atoms with Crippen molar-refractivity contribution in [1.29, 1.82) is 0 Å². The Morgan fingerprint density at radius 2 is 1.63 bits per heavy atom. The fourth-order valence-corrected chi connectivity index (χ4v) is 5.50. The Kier molecular flexibility index (Phi) is 18.7. The summed E-state index contributed by atoms with van der Waals surface area (Å²) >= 11 is 0. The van der Waals surface area contributed by atoms with Gasteiger partial charge in [0.15, 0.2) is 0 Å². The lowest BCUT2D eigenvalue weighted by molar-refractivity contribution is -0.145. The molecule has 4 amide bonds. The lowest BCUT2D eigenvalue weighted by Gasteiger charge is -2.39. The third-order valence-electron chi connectivity index (χ3n) is 8.01. The summed E-state index contributed by atoms with van der Waals surface area (Å²) in [5.74, 6) is -1.51. The maximum absolute atomic E-state index is 13.5. The molecule has 0 aromatic carbocycles. The monoisotopic (exact) mass is 585 g/mol. The van der Waals surface area contributed by atoms with Gasteiger partial charge in [0, 0.05) is 27.8 Å². The van der Waals surface area contributed by atoms with E-state index >= 15 is 0 Å². The Morgan fingerprint density at radius 1 is 1.05 bits per heavy atom. The number of nitrogens with two attached hydrogens (primary N) is 1. The molecular formula is C30H59N5O6. The van der Waals surface area contributed by atoms with Crippen LogP contribution in [0.3, 0.4) is 0 Å². The minimum absolute atomic E-state index is 0.0362. The predicted octanol–water partition coefficient (Wildman–Crippen LogP) is 2.17. The summed E-state index contributed by atoms with van der Waals surface area (Å²) in [6.45, 7) is 14.3. The number of amides is 4. The zero-order valence-corrected chi connectivity index (χ0v) is 27.5. The van der Waals surface area contributed by atoms with Crippen LogP contribution in [0.1, 0.15) is 80.6 Å². The number of hydrogen-bond acceptors (Lipinski definition) is 7. The first kappa shape index (κ1) is 38.8. The summed E-state index contributed by atoms with van der Waals surface area (Å²) in [4.78, 5) is 54.4. The highest BCUT2D eigenvalue weighted by Gasteiger charge is 2.41. The van der Waals surface area contributed by atoms with E-state index in [2.05, 4.69) is 24.5 Å². The molecular weight excluding hydrogens is 526 g/mol. The van der Waals surface area contributed by atoms with Crippen LogP contribution in [-0.2, 0) is 28.7 Å². The number of hydrogen-bond donors (Lipinski definition) is 3. The maximum atomic E-state index is 13.5. The van der Waals surface area contributed by atoms with Gasteiger partial charge in [0.1, 0.15) is 0 Å². The van der Waals surface area contributed by atoms with Gasteiger partial charge in [-0.05, 0) is 31.7 Å². The zero-order valence-electron chi connectivity index (χ0n) is 27.5. The fourth-order valence-electron chi connectivity index (χ4n) is 5.50. The molecule has 0 aliphatic carbocycles. The minimum Gasteiger partial charge on any atom is -0.379 e. The van der Waals surface area contributed by atoms with E-state index in [1.165, 1.54) is 13.5 Å². The van der Waals surface area contributed by atoms with Crippen LogP contribution in [0.25, 0.3) is 0 Å². The Labute approximate surface area is 248 Å². The maximum Gasteiger partial charge on any atom is 0.242 e. The summed E-state index contributed by atoms with van der Waals surface area (Å²) in [5, 5.41) is 5.71. The molecule has 6 unspecified atom stereocenters. The molecule has 11 nitrogen and oxygen atoms in total. The van der Waals surface area contributed by atoms with Crippen LogP contribution < -0.4 is 16.4 Å². The number of nitrogens with one attached hydrogen (secondary N) is 2. The SMILES string of the molecule is CCC.CCC(C)C(C(CC(=O)N1CCC[C@H]1C(OC)C(C)C(N)=O)OC)N(C)C(=O)CNC(=O)C(NC)C(C)C. The molecule has 41 heavy (non-hydrogen) atoms. The lowest BCUT2D eigenvalue weighted by Crippen LogP contribution is -2.55. The summed E-state index contributed by atoms with van der Waals surface area (Å²) in [5.41, 5.74) is 5.53. The number of nitrogens with zero attached hydrogens (tertiary/aromatic N) is 2. The van der Waals surface area contributed by atoms with Crippen LogP contribution in [0.5, 0.6) is 0 Å². The molecule has 1 rings (SSSR count). The van der Waals surface area contributed by atoms with Gasteiger partial charge in [0.2, 0.25) is 23.6 Å². The highest BCUT2D eigenvalue weighted by molar-refractivity contribution is 5.87. The van der Waals surface area contributed by atoms with Crippen molar-refractivity contribution < 1.29 is 28.7 Å². The van der Waals surface area contributed by atoms with Crippen molar-refractivity contribution in [2.45, 2.75) is 111 Å². The van der Waals surface area contributed by atoms with Gasteiger partial charge in [0.25, 0.3) is 0 Å². The standard InChI is InChI=1S/C27H51N5O6.C3H8/c1-10-17(4)24(31(7)22(34)15-30-27(36)23(29-6)16(2)3)20(37-8)14-21(33)32-13-11-12-19(32)25(38-9)18(5)26(28)35;1-3-2/h16-20,23-25,29H,10-15H2,1-9H3,(H2,28,35)(H,30,36);3H2,1-2H3/t17?,18?,19-,20?,23?,24?,25?;/m0./s1. The van der Waals surface area contributed by atoms with E-state index < -0.39 is 30.1 Å². The molecule has 1 saturated heterocycles. The van der Waals surface area contributed by atoms with E-state index in [-0.39, 0.29) is 54.6 Å². The molecule has 0 aromatic rings. The first-order chi connectivity index (χ1) is 19.3. The van der Waals surface area contributed by atoms with Crippen LogP contribution in [0.4, 0.5) is 0 Å². The molecule has 0 saturated carbocycles. The van der Waals surface area contributed by atoms with Gasteiger partial charge in [-0.2, -0.15) is 0 Å². The zero-order chi connectivity index (χ0) is 31.9. The van der Waals surface area contributed by atoms with Crippen LogP contribution in [0.15, 0.2) is 0 Å². The summed E-state index contributed by atoms with van der Waals surface area (Å²) in [6.07, 6.45) is 2.56. The summed E-state index contributed by atoms with van der Waals surface area (Å²) in [6, 6.07) is -1.04. The minimum atomic E-state index is -0.557. The van der Waals surface area contributed by atoms with E-state index in [9.17, 15) is 19.2 Å². The van der Waals surface area contributed by atoms with Gasteiger partial charge in [-0.25, -0.2) is 0 Å². The number of ether oxygens (including phenoxy) is 2. The van der Waals surface area contributed by atoms with Gasteiger partial charge >= 0.3 is 0 Å². The van der Waals surface area contributed by atoms with E-state index in [0.29, 0.717) is 6.54 Å². The lowest BCUT2D eigenvalue weighted by atomic mass is 9.90. The van der Waals surface area contributed by atoms with E-state index in [0.717, 1.165) is 19.3 Å². The molecule has 0 aromatic heterocycles. The van der Waals surface area contributed by atoms with Crippen LogP contribution in [-0.4, -0.2) is 105 Å². The van der Waals surface area contributed by atoms with Gasteiger partial charge in [0.05, 0.1) is 49.2 Å². The third kappa shape index (κ3) is 11.5. The van der Waals surface area contributed by atoms with Crippen molar-refractivity contribution in [3.63, 3.8) is 0 Å². The second-order valence-corrected chi connectivity index (χ2v) is 11.5. The molecule has 0 radical (unpaired) electrons. The molecule has 0 bridgehead atoms. The second kappa shape index (κ2) is 19.8. The second-order valence-electron chi connectivity index (χ2n) is 11.5. The molecule has 1 heterocycles. The highest BCUT2D eigenvalue weighted by atomic mass is 16.5. The van der Waals surface area contributed by atoms with Crippen molar-refractivity contribution in [2.75, 3.05) is 41.4 Å².